The highest BCUT2D eigenvalue weighted by atomic mass is 35.5. The number of halogens is 2. The van der Waals surface area contributed by atoms with Crippen LogP contribution in [0.1, 0.15) is 23.5 Å². The number of aromatic nitrogens is 4. The van der Waals surface area contributed by atoms with Crippen LogP contribution in [-0.4, -0.2) is 33.9 Å². The quantitative estimate of drug-likeness (QED) is 0.710. The van der Waals surface area contributed by atoms with E-state index in [0.29, 0.717) is 27.6 Å². The van der Waals surface area contributed by atoms with Crippen LogP contribution in [0.25, 0.3) is 5.69 Å². The summed E-state index contributed by atoms with van der Waals surface area (Å²) < 4.78 is 6.88. The molecule has 1 aliphatic rings. The van der Waals surface area contributed by atoms with Crippen molar-refractivity contribution in [2.24, 2.45) is 0 Å². The normalized spacial score (nSPS) is 15.7. The highest BCUT2D eigenvalue weighted by Gasteiger charge is 2.23. The van der Waals surface area contributed by atoms with Crippen molar-refractivity contribution >= 4 is 29.2 Å². The molecule has 1 unspecified atom stereocenters. The van der Waals surface area contributed by atoms with E-state index in [4.69, 9.17) is 27.9 Å². The number of hydrogen-bond acceptors (Lipinski definition) is 5. The van der Waals surface area contributed by atoms with Crippen molar-refractivity contribution in [3.05, 3.63) is 57.6 Å². The van der Waals surface area contributed by atoms with Crippen LogP contribution in [0.5, 0.6) is 5.75 Å². The van der Waals surface area contributed by atoms with Gasteiger partial charge in [-0.1, -0.05) is 40.4 Å². The molecule has 0 bridgehead atoms. The number of methoxy groups -OCH3 is 1. The van der Waals surface area contributed by atoms with Gasteiger partial charge in [0.15, 0.2) is 0 Å². The van der Waals surface area contributed by atoms with E-state index in [1.807, 2.05) is 18.2 Å². The Morgan fingerprint density at radius 1 is 1.27 bits per heavy atom. The molecule has 0 radical (unpaired) electrons. The second-order valence-electron chi connectivity index (χ2n) is 6.17. The first-order valence-electron chi connectivity index (χ1n) is 8.31. The minimum Gasteiger partial charge on any atom is -0.497 e. The predicted octanol–water partition coefficient (Wildman–Crippen LogP) is 4.12. The maximum absolute atomic E-state index is 6.29. The Hall–Kier alpha value is -2.31. The van der Waals surface area contributed by atoms with Gasteiger partial charge in [0.05, 0.1) is 22.8 Å². The SMILES string of the molecule is COc1ccc2c(c1)CCC2CNc1nnnn1-c1cccc(Cl)c1Cl. The summed E-state index contributed by atoms with van der Waals surface area (Å²) in [6, 6.07) is 11.6. The number of hydrogen-bond donors (Lipinski definition) is 1. The molecular weight excluding hydrogens is 373 g/mol. The van der Waals surface area contributed by atoms with Gasteiger partial charge in [-0.15, -0.1) is 0 Å². The monoisotopic (exact) mass is 389 g/mol. The van der Waals surface area contributed by atoms with Crippen LogP contribution >= 0.6 is 23.2 Å². The van der Waals surface area contributed by atoms with Crippen molar-refractivity contribution in [1.82, 2.24) is 20.2 Å². The standard InChI is InChI=1S/C18H17Cl2N5O/c1-26-13-7-8-14-11(9-13)5-6-12(14)10-21-18-22-23-24-25(18)16-4-2-3-15(19)17(16)20/h2-4,7-9,12H,5-6,10H2,1H3,(H,21,22,24). The molecule has 2 aromatic carbocycles. The van der Waals surface area contributed by atoms with Gasteiger partial charge in [0.25, 0.3) is 0 Å². The summed E-state index contributed by atoms with van der Waals surface area (Å²) in [6.07, 6.45) is 2.12. The number of benzene rings is 2. The van der Waals surface area contributed by atoms with E-state index in [9.17, 15) is 0 Å². The molecule has 0 aliphatic heterocycles. The minimum atomic E-state index is 0.399. The number of aryl methyl sites for hydroxylation is 1. The largest absolute Gasteiger partial charge is 0.497 e. The van der Waals surface area contributed by atoms with E-state index in [2.05, 4.69) is 33.0 Å². The molecule has 0 amide bonds. The second kappa shape index (κ2) is 7.13. The zero-order valence-corrected chi connectivity index (χ0v) is 15.6. The van der Waals surface area contributed by atoms with Crippen molar-refractivity contribution in [1.29, 1.82) is 0 Å². The number of fused-ring (bicyclic) bond motifs is 1. The Bertz CT molecular complexity index is 943. The van der Waals surface area contributed by atoms with Crippen LogP contribution in [0.2, 0.25) is 10.0 Å². The van der Waals surface area contributed by atoms with E-state index < -0.39 is 0 Å². The van der Waals surface area contributed by atoms with Crippen molar-refractivity contribution in [2.45, 2.75) is 18.8 Å². The maximum atomic E-state index is 6.29. The van der Waals surface area contributed by atoms with Crippen LogP contribution in [0.3, 0.4) is 0 Å². The molecule has 1 aliphatic carbocycles. The van der Waals surface area contributed by atoms with E-state index in [-0.39, 0.29) is 0 Å². The zero-order valence-electron chi connectivity index (χ0n) is 14.1. The Balaban J connectivity index is 1.53. The minimum absolute atomic E-state index is 0.399. The summed E-state index contributed by atoms with van der Waals surface area (Å²) in [6.45, 7) is 0.734. The molecule has 3 aromatic rings. The summed E-state index contributed by atoms with van der Waals surface area (Å²) in [5.74, 6) is 1.84. The maximum Gasteiger partial charge on any atom is 0.247 e. The Labute approximate surface area is 161 Å². The fourth-order valence-electron chi connectivity index (χ4n) is 3.35. The third kappa shape index (κ3) is 3.10. The van der Waals surface area contributed by atoms with E-state index in [1.54, 1.807) is 17.9 Å². The van der Waals surface area contributed by atoms with Crippen molar-refractivity contribution in [3.8, 4) is 11.4 Å². The predicted molar refractivity (Wildman–Crippen MR) is 102 cm³/mol. The average molecular weight is 390 g/mol. The van der Waals surface area contributed by atoms with Crippen LogP contribution < -0.4 is 10.1 Å². The van der Waals surface area contributed by atoms with Gasteiger partial charge >= 0.3 is 0 Å². The molecule has 1 N–H and O–H groups in total. The van der Waals surface area contributed by atoms with Gasteiger partial charge in [0, 0.05) is 12.5 Å². The van der Waals surface area contributed by atoms with Gasteiger partial charge in [-0.25, -0.2) is 0 Å². The van der Waals surface area contributed by atoms with Gasteiger partial charge in [-0.3, -0.25) is 0 Å². The van der Waals surface area contributed by atoms with Gasteiger partial charge in [0.2, 0.25) is 5.95 Å². The Kier molecular flexibility index (Phi) is 4.70. The molecule has 6 nitrogen and oxygen atoms in total. The Morgan fingerprint density at radius 2 is 2.15 bits per heavy atom. The Morgan fingerprint density at radius 3 is 3.00 bits per heavy atom. The zero-order chi connectivity index (χ0) is 18.1. The third-order valence-electron chi connectivity index (χ3n) is 4.69. The summed E-state index contributed by atoms with van der Waals surface area (Å²) >= 11 is 12.4. The van der Waals surface area contributed by atoms with Gasteiger partial charge in [0.1, 0.15) is 5.75 Å². The molecule has 134 valence electrons. The van der Waals surface area contributed by atoms with Crippen LogP contribution in [0.4, 0.5) is 5.95 Å². The molecule has 8 heteroatoms. The number of rotatable bonds is 5. The lowest BCUT2D eigenvalue weighted by molar-refractivity contribution is 0.414. The highest BCUT2D eigenvalue weighted by molar-refractivity contribution is 6.43. The smallest absolute Gasteiger partial charge is 0.247 e. The van der Waals surface area contributed by atoms with Gasteiger partial charge in [-0.2, -0.15) is 4.68 Å². The van der Waals surface area contributed by atoms with Crippen LogP contribution in [0, 0.1) is 0 Å². The second-order valence-corrected chi connectivity index (χ2v) is 6.95. The molecule has 1 heterocycles. The first kappa shape index (κ1) is 17.1. The van der Waals surface area contributed by atoms with Crippen LogP contribution in [-0.2, 0) is 6.42 Å². The molecule has 1 aromatic heterocycles. The first-order chi connectivity index (χ1) is 12.7. The molecule has 4 rings (SSSR count). The molecule has 0 saturated carbocycles. The van der Waals surface area contributed by atoms with Crippen molar-refractivity contribution < 1.29 is 4.74 Å². The lowest BCUT2D eigenvalue weighted by Gasteiger charge is -2.14. The molecule has 1 atom stereocenters. The van der Waals surface area contributed by atoms with Crippen molar-refractivity contribution in [3.63, 3.8) is 0 Å². The number of nitrogens with one attached hydrogen (secondary N) is 1. The lowest BCUT2D eigenvalue weighted by Crippen LogP contribution is -2.14. The number of anilines is 1. The van der Waals surface area contributed by atoms with Gasteiger partial charge < -0.3 is 10.1 Å². The van der Waals surface area contributed by atoms with E-state index in [1.165, 1.54) is 11.1 Å². The molecule has 0 saturated heterocycles. The van der Waals surface area contributed by atoms with Gasteiger partial charge in [-0.05, 0) is 58.7 Å². The number of ether oxygens (including phenoxy) is 1. The van der Waals surface area contributed by atoms with Crippen LogP contribution in [0.15, 0.2) is 36.4 Å². The topological polar surface area (TPSA) is 64.9 Å². The molecule has 0 spiro atoms. The first-order valence-corrected chi connectivity index (χ1v) is 9.06. The number of tetrazole rings is 1. The molecular formula is C18H17Cl2N5O. The third-order valence-corrected chi connectivity index (χ3v) is 5.50. The number of nitrogens with zero attached hydrogens (tertiary/aromatic N) is 4. The summed E-state index contributed by atoms with van der Waals surface area (Å²) in [7, 11) is 1.69. The summed E-state index contributed by atoms with van der Waals surface area (Å²) in [4.78, 5) is 0. The van der Waals surface area contributed by atoms with E-state index in [0.717, 1.165) is 25.1 Å². The van der Waals surface area contributed by atoms with Crippen molar-refractivity contribution in [2.75, 3.05) is 19.0 Å². The fourth-order valence-corrected chi connectivity index (χ4v) is 3.73. The fraction of sp³-hybridized carbons (Fsp3) is 0.278. The van der Waals surface area contributed by atoms with E-state index >= 15 is 0 Å². The summed E-state index contributed by atoms with van der Waals surface area (Å²) in [5, 5.41) is 16.1. The lowest BCUT2D eigenvalue weighted by atomic mass is 10.0. The average Bonchev–Trinajstić information content (AvgIpc) is 3.28. The molecule has 26 heavy (non-hydrogen) atoms. The molecule has 0 fully saturated rings. The highest BCUT2D eigenvalue weighted by Crippen LogP contribution is 2.35. The summed E-state index contributed by atoms with van der Waals surface area (Å²) in [5.41, 5.74) is 3.33.